The van der Waals surface area contributed by atoms with Crippen LogP contribution in [0.25, 0.3) is 0 Å². The molecular formula is C15H24BrNO. The molecular weight excluding hydrogens is 290 g/mol. The van der Waals surface area contributed by atoms with Crippen molar-refractivity contribution in [3.8, 4) is 5.75 Å². The van der Waals surface area contributed by atoms with Crippen molar-refractivity contribution in [1.82, 2.24) is 5.32 Å². The van der Waals surface area contributed by atoms with E-state index in [2.05, 4.69) is 48.1 Å². The lowest BCUT2D eigenvalue weighted by atomic mass is 9.97. The Hall–Kier alpha value is -0.540. The normalized spacial score (nSPS) is 12.8. The number of hydrogen-bond acceptors (Lipinski definition) is 2. The van der Waals surface area contributed by atoms with Crippen LogP contribution >= 0.6 is 15.9 Å². The van der Waals surface area contributed by atoms with Crippen molar-refractivity contribution in [3.63, 3.8) is 0 Å². The lowest BCUT2D eigenvalue weighted by Crippen LogP contribution is -2.22. The van der Waals surface area contributed by atoms with Gasteiger partial charge in [-0.2, -0.15) is 0 Å². The van der Waals surface area contributed by atoms with Gasteiger partial charge in [-0.15, -0.1) is 0 Å². The van der Waals surface area contributed by atoms with Crippen molar-refractivity contribution in [3.05, 3.63) is 28.2 Å². The molecule has 3 heteroatoms. The highest BCUT2D eigenvalue weighted by molar-refractivity contribution is 9.10. The van der Waals surface area contributed by atoms with Crippen molar-refractivity contribution in [1.29, 1.82) is 0 Å². The molecule has 102 valence electrons. The van der Waals surface area contributed by atoms with Crippen LogP contribution in [-0.4, -0.2) is 13.7 Å². The molecule has 1 N–H and O–H groups in total. The molecule has 1 unspecified atom stereocenters. The summed E-state index contributed by atoms with van der Waals surface area (Å²) in [5, 5.41) is 3.56. The first-order valence-electron chi connectivity index (χ1n) is 6.65. The summed E-state index contributed by atoms with van der Waals surface area (Å²) in [6, 6.07) is 6.57. The van der Waals surface area contributed by atoms with E-state index in [1.54, 1.807) is 7.11 Å². The smallest absolute Gasteiger partial charge is 0.123 e. The van der Waals surface area contributed by atoms with Gasteiger partial charge in [-0.25, -0.2) is 0 Å². The molecule has 0 bridgehead atoms. The summed E-state index contributed by atoms with van der Waals surface area (Å²) in [6.45, 7) is 7.65. The molecule has 0 amide bonds. The predicted molar refractivity (Wildman–Crippen MR) is 81.2 cm³/mol. The summed E-state index contributed by atoms with van der Waals surface area (Å²) in [4.78, 5) is 0. The van der Waals surface area contributed by atoms with E-state index in [1.165, 1.54) is 12.0 Å². The zero-order chi connectivity index (χ0) is 13.5. The highest BCUT2D eigenvalue weighted by Gasteiger charge is 2.16. The summed E-state index contributed by atoms with van der Waals surface area (Å²) in [5.41, 5.74) is 1.24. The molecule has 1 aromatic carbocycles. The second-order valence-electron chi connectivity index (χ2n) is 4.97. The monoisotopic (exact) mass is 313 g/mol. The van der Waals surface area contributed by atoms with Crippen LogP contribution in [0, 0.1) is 5.92 Å². The molecule has 0 heterocycles. The lowest BCUT2D eigenvalue weighted by molar-refractivity contribution is 0.388. The Morgan fingerprint density at radius 2 is 2.00 bits per heavy atom. The molecule has 1 atom stereocenters. The zero-order valence-corrected chi connectivity index (χ0v) is 13.4. The van der Waals surface area contributed by atoms with Crippen LogP contribution in [-0.2, 0) is 0 Å². The van der Waals surface area contributed by atoms with Gasteiger partial charge < -0.3 is 10.1 Å². The van der Waals surface area contributed by atoms with Crippen molar-refractivity contribution in [2.75, 3.05) is 13.7 Å². The Balaban J connectivity index is 2.92. The number of hydrogen-bond donors (Lipinski definition) is 1. The Morgan fingerprint density at radius 3 is 2.56 bits per heavy atom. The van der Waals surface area contributed by atoms with Gasteiger partial charge in [0.25, 0.3) is 0 Å². The van der Waals surface area contributed by atoms with E-state index in [0.717, 1.165) is 29.1 Å². The maximum Gasteiger partial charge on any atom is 0.123 e. The summed E-state index contributed by atoms with van der Waals surface area (Å²) >= 11 is 3.54. The minimum absolute atomic E-state index is 0.366. The van der Waals surface area contributed by atoms with E-state index in [4.69, 9.17) is 4.74 Å². The van der Waals surface area contributed by atoms with Crippen LogP contribution in [0.5, 0.6) is 5.75 Å². The first-order valence-corrected chi connectivity index (χ1v) is 7.44. The van der Waals surface area contributed by atoms with Gasteiger partial charge in [-0.1, -0.05) is 36.7 Å². The number of methoxy groups -OCH3 is 1. The van der Waals surface area contributed by atoms with Crippen LogP contribution in [0.1, 0.15) is 45.2 Å². The average Bonchev–Trinajstić information content (AvgIpc) is 2.34. The van der Waals surface area contributed by atoms with Crippen molar-refractivity contribution >= 4 is 15.9 Å². The van der Waals surface area contributed by atoms with E-state index in [1.807, 2.05) is 12.1 Å². The van der Waals surface area contributed by atoms with Crippen molar-refractivity contribution < 1.29 is 4.74 Å². The molecule has 0 aliphatic carbocycles. The minimum atomic E-state index is 0.366. The van der Waals surface area contributed by atoms with Gasteiger partial charge in [0, 0.05) is 16.1 Å². The molecule has 0 aliphatic heterocycles. The lowest BCUT2D eigenvalue weighted by Gasteiger charge is -2.22. The molecule has 0 fully saturated rings. The third kappa shape index (κ3) is 4.62. The fourth-order valence-corrected chi connectivity index (χ4v) is 2.47. The SMILES string of the molecule is CCNC(CCC(C)C)c1cc(Br)ccc1OC. The fourth-order valence-electron chi connectivity index (χ4n) is 2.09. The number of benzene rings is 1. The fraction of sp³-hybridized carbons (Fsp3) is 0.600. The van der Waals surface area contributed by atoms with E-state index in [0.29, 0.717) is 6.04 Å². The van der Waals surface area contributed by atoms with Crippen molar-refractivity contribution in [2.45, 2.75) is 39.7 Å². The third-order valence-electron chi connectivity index (χ3n) is 3.05. The Morgan fingerprint density at radius 1 is 1.28 bits per heavy atom. The molecule has 0 aromatic heterocycles. The maximum atomic E-state index is 5.47. The number of halogens is 1. The predicted octanol–water partition coefficient (Wildman–Crippen LogP) is 4.54. The van der Waals surface area contributed by atoms with E-state index in [-0.39, 0.29) is 0 Å². The van der Waals surface area contributed by atoms with Gasteiger partial charge in [-0.05, 0) is 43.5 Å². The van der Waals surface area contributed by atoms with Gasteiger partial charge in [0.05, 0.1) is 7.11 Å². The second-order valence-corrected chi connectivity index (χ2v) is 5.88. The molecule has 1 rings (SSSR count). The average molecular weight is 314 g/mol. The number of nitrogens with one attached hydrogen (secondary N) is 1. The largest absolute Gasteiger partial charge is 0.496 e. The Bertz CT molecular complexity index is 366. The van der Waals surface area contributed by atoms with Crippen molar-refractivity contribution in [2.24, 2.45) is 5.92 Å². The minimum Gasteiger partial charge on any atom is -0.496 e. The van der Waals surface area contributed by atoms with E-state index < -0.39 is 0 Å². The van der Waals surface area contributed by atoms with Crippen LogP contribution in [0.4, 0.5) is 0 Å². The first-order chi connectivity index (χ1) is 8.58. The first kappa shape index (κ1) is 15.5. The molecule has 0 spiro atoms. The number of rotatable bonds is 7. The van der Waals surface area contributed by atoms with Crippen LogP contribution in [0.15, 0.2) is 22.7 Å². The molecule has 0 saturated carbocycles. The van der Waals surface area contributed by atoms with Gasteiger partial charge in [0.1, 0.15) is 5.75 Å². The molecule has 0 saturated heterocycles. The second kappa shape index (κ2) is 7.80. The molecule has 1 aromatic rings. The van der Waals surface area contributed by atoms with E-state index >= 15 is 0 Å². The Kier molecular flexibility index (Phi) is 6.72. The van der Waals surface area contributed by atoms with Gasteiger partial charge in [0.2, 0.25) is 0 Å². The zero-order valence-electron chi connectivity index (χ0n) is 11.8. The van der Waals surface area contributed by atoms with Gasteiger partial charge in [0.15, 0.2) is 0 Å². The van der Waals surface area contributed by atoms with Gasteiger partial charge >= 0.3 is 0 Å². The maximum absolute atomic E-state index is 5.47. The quantitative estimate of drug-likeness (QED) is 0.797. The molecule has 0 aliphatic rings. The summed E-state index contributed by atoms with van der Waals surface area (Å²) in [5.74, 6) is 1.69. The number of ether oxygens (including phenoxy) is 1. The summed E-state index contributed by atoms with van der Waals surface area (Å²) in [7, 11) is 1.73. The Labute approximate surface area is 119 Å². The summed E-state index contributed by atoms with van der Waals surface area (Å²) < 4.78 is 6.58. The highest BCUT2D eigenvalue weighted by Crippen LogP contribution is 2.31. The van der Waals surface area contributed by atoms with E-state index in [9.17, 15) is 0 Å². The third-order valence-corrected chi connectivity index (χ3v) is 3.54. The van der Waals surface area contributed by atoms with Crippen LogP contribution in [0.3, 0.4) is 0 Å². The van der Waals surface area contributed by atoms with Crippen LogP contribution in [0.2, 0.25) is 0 Å². The van der Waals surface area contributed by atoms with Gasteiger partial charge in [-0.3, -0.25) is 0 Å². The standard InChI is InChI=1S/C15H24BrNO/c1-5-17-14(8-6-11(2)3)13-10-12(16)7-9-15(13)18-4/h7,9-11,14,17H,5-6,8H2,1-4H3. The topological polar surface area (TPSA) is 21.3 Å². The molecule has 18 heavy (non-hydrogen) atoms. The molecule has 2 nitrogen and oxygen atoms in total. The van der Waals surface area contributed by atoms with Crippen LogP contribution < -0.4 is 10.1 Å². The molecule has 0 radical (unpaired) electrons. The summed E-state index contributed by atoms with van der Waals surface area (Å²) in [6.07, 6.45) is 2.35. The highest BCUT2D eigenvalue weighted by atomic mass is 79.9.